The Labute approximate surface area is 169 Å². The van der Waals surface area contributed by atoms with Crippen LogP contribution in [0.3, 0.4) is 0 Å². The molecule has 1 aromatic carbocycles. The minimum atomic E-state index is 0.0207. The number of benzene rings is 1. The highest BCUT2D eigenvalue weighted by atomic mass is 16.5. The molecule has 7 nitrogen and oxygen atoms in total. The van der Waals surface area contributed by atoms with Crippen molar-refractivity contribution in [1.82, 2.24) is 20.0 Å². The van der Waals surface area contributed by atoms with Gasteiger partial charge in [0, 0.05) is 18.8 Å². The van der Waals surface area contributed by atoms with Gasteiger partial charge in [-0.2, -0.15) is 4.98 Å². The number of hydrogen-bond acceptors (Lipinski definition) is 6. The summed E-state index contributed by atoms with van der Waals surface area (Å²) in [6.07, 6.45) is 3.95. The van der Waals surface area contributed by atoms with Crippen molar-refractivity contribution in [3.63, 3.8) is 0 Å². The monoisotopic (exact) mass is 389 g/mol. The van der Waals surface area contributed by atoms with Crippen molar-refractivity contribution in [3.05, 3.63) is 59.5 Å². The topological polar surface area (TPSA) is 84.2 Å². The Bertz CT molecular complexity index is 1050. The van der Waals surface area contributed by atoms with Crippen LogP contribution >= 0.6 is 0 Å². The molecule has 7 heteroatoms. The van der Waals surface area contributed by atoms with E-state index in [4.69, 9.17) is 4.52 Å². The SMILES string of the molecule is Cc1ccc(NC2CC3CC2N(C(=O)c2ccccc2-c2nc(C)no2)C3)nc1. The second-order valence-electron chi connectivity index (χ2n) is 8.03. The van der Waals surface area contributed by atoms with Crippen molar-refractivity contribution in [2.75, 3.05) is 11.9 Å². The summed E-state index contributed by atoms with van der Waals surface area (Å²) in [6.45, 7) is 4.59. The molecular formula is C22H23N5O2. The number of rotatable bonds is 4. The molecule has 1 aliphatic heterocycles. The Morgan fingerprint density at radius 3 is 2.76 bits per heavy atom. The standard InChI is InChI=1S/C22H23N5O2/c1-13-7-8-20(23-11-13)25-18-9-15-10-19(18)27(12-15)22(28)17-6-4-3-5-16(17)21-24-14(2)26-29-21/h3-8,11,15,18-19H,9-10,12H2,1-2H3,(H,23,25). The summed E-state index contributed by atoms with van der Waals surface area (Å²) >= 11 is 0. The maximum Gasteiger partial charge on any atom is 0.258 e. The lowest BCUT2D eigenvalue weighted by Crippen LogP contribution is -2.47. The van der Waals surface area contributed by atoms with Crippen LogP contribution in [0.1, 0.15) is 34.6 Å². The van der Waals surface area contributed by atoms with Crippen molar-refractivity contribution in [1.29, 1.82) is 0 Å². The number of likely N-dealkylation sites (tertiary alicyclic amines) is 1. The van der Waals surface area contributed by atoms with Crippen LogP contribution in [-0.4, -0.2) is 44.6 Å². The predicted octanol–water partition coefficient (Wildman–Crippen LogP) is 3.46. The molecule has 1 saturated heterocycles. The molecule has 1 amide bonds. The van der Waals surface area contributed by atoms with Gasteiger partial charge >= 0.3 is 0 Å². The highest BCUT2D eigenvalue weighted by Crippen LogP contribution is 2.40. The molecule has 0 radical (unpaired) electrons. The van der Waals surface area contributed by atoms with Crippen LogP contribution in [0.5, 0.6) is 0 Å². The maximum absolute atomic E-state index is 13.5. The molecule has 2 aliphatic rings. The average molecular weight is 389 g/mol. The molecule has 29 heavy (non-hydrogen) atoms. The van der Waals surface area contributed by atoms with E-state index < -0.39 is 0 Å². The highest BCUT2D eigenvalue weighted by molar-refractivity contribution is 6.00. The number of fused-ring (bicyclic) bond motifs is 2. The second-order valence-corrected chi connectivity index (χ2v) is 8.03. The molecule has 1 aliphatic carbocycles. The Kier molecular flexibility index (Phi) is 4.30. The van der Waals surface area contributed by atoms with Crippen molar-refractivity contribution < 1.29 is 9.32 Å². The molecule has 1 saturated carbocycles. The number of hydrogen-bond donors (Lipinski definition) is 1. The van der Waals surface area contributed by atoms with Crippen LogP contribution in [0.2, 0.25) is 0 Å². The smallest absolute Gasteiger partial charge is 0.258 e. The first-order valence-electron chi connectivity index (χ1n) is 9.98. The van der Waals surface area contributed by atoms with Gasteiger partial charge in [0.1, 0.15) is 5.82 Å². The molecule has 3 unspecified atom stereocenters. The molecule has 3 heterocycles. The lowest BCUT2D eigenvalue weighted by molar-refractivity contribution is 0.0692. The number of aryl methyl sites for hydroxylation is 2. The first-order valence-corrected chi connectivity index (χ1v) is 9.98. The summed E-state index contributed by atoms with van der Waals surface area (Å²) in [5, 5.41) is 7.41. The normalized spacial score (nSPS) is 22.8. The van der Waals surface area contributed by atoms with Gasteiger partial charge in [-0.05, 0) is 56.4 Å². The summed E-state index contributed by atoms with van der Waals surface area (Å²) in [5.74, 6) is 2.34. The third-order valence-electron chi connectivity index (χ3n) is 5.90. The van der Waals surface area contributed by atoms with E-state index in [1.807, 2.05) is 54.4 Å². The van der Waals surface area contributed by atoms with Gasteiger partial charge in [-0.15, -0.1) is 0 Å². The fourth-order valence-electron chi connectivity index (χ4n) is 4.57. The van der Waals surface area contributed by atoms with Gasteiger partial charge in [0.05, 0.1) is 17.2 Å². The van der Waals surface area contributed by atoms with Crippen LogP contribution < -0.4 is 5.32 Å². The number of nitrogens with one attached hydrogen (secondary N) is 1. The third-order valence-corrected chi connectivity index (χ3v) is 5.90. The van der Waals surface area contributed by atoms with Crippen LogP contribution in [0, 0.1) is 19.8 Å². The van der Waals surface area contributed by atoms with Gasteiger partial charge in [0.2, 0.25) is 0 Å². The van der Waals surface area contributed by atoms with E-state index in [2.05, 4.69) is 20.4 Å². The number of pyridine rings is 1. The zero-order valence-corrected chi connectivity index (χ0v) is 16.5. The van der Waals surface area contributed by atoms with Gasteiger partial charge in [-0.1, -0.05) is 23.4 Å². The number of piperidine rings is 1. The molecule has 5 rings (SSSR count). The largest absolute Gasteiger partial charge is 0.365 e. The minimum Gasteiger partial charge on any atom is -0.365 e. The average Bonchev–Trinajstić information content (AvgIpc) is 3.45. The fourth-order valence-corrected chi connectivity index (χ4v) is 4.57. The number of nitrogens with zero attached hydrogens (tertiary/aromatic N) is 4. The Hall–Kier alpha value is -3.22. The van der Waals surface area contributed by atoms with E-state index >= 15 is 0 Å². The lowest BCUT2D eigenvalue weighted by Gasteiger charge is -2.34. The first kappa shape index (κ1) is 17.8. The zero-order chi connectivity index (χ0) is 20.0. The van der Waals surface area contributed by atoms with E-state index in [1.54, 1.807) is 6.92 Å². The summed E-state index contributed by atoms with van der Waals surface area (Å²) in [6, 6.07) is 11.9. The maximum atomic E-state index is 13.5. The molecule has 3 aromatic rings. The van der Waals surface area contributed by atoms with Crippen molar-refractivity contribution in [2.45, 2.75) is 38.8 Å². The molecule has 2 fully saturated rings. The van der Waals surface area contributed by atoms with Gasteiger partial charge in [-0.25, -0.2) is 4.98 Å². The first-order chi connectivity index (χ1) is 14.1. The van der Waals surface area contributed by atoms with Gasteiger partial charge < -0.3 is 14.7 Å². The van der Waals surface area contributed by atoms with Crippen LogP contribution in [0.15, 0.2) is 47.1 Å². The number of aromatic nitrogens is 3. The highest BCUT2D eigenvalue weighted by Gasteiger charge is 2.47. The summed E-state index contributed by atoms with van der Waals surface area (Å²) in [5.41, 5.74) is 2.43. The molecule has 0 spiro atoms. The van der Waals surface area contributed by atoms with Gasteiger partial charge in [0.25, 0.3) is 11.8 Å². The Morgan fingerprint density at radius 2 is 2.03 bits per heavy atom. The quantitative estimate of drug-likeness (QED) is 0.736. The number of amides is 1. The molecule has 1 N–H and O–H groups in total. The van der Waals surface area contributed by atoms with Crippen LogP contribution in [0.4, 0.5) is 5.82 Å². The third kappa shape index (κ3) is 3.26. The van der Waals surface area contributed by atoms with Gasteiger partial charge in [0.15, 0.2) is 5.82 Å². The number of anilines is 1. The zero-order valence-electron chi connectivity index (χ0n) is 16.5. The lowest BCUT2D eigenvalue weighted by atomic mass is 10.0. The summed E-state index contributed by atoms with van der Waals surface area (Å²) in [4.78, 5) is 24.2. The fraction of sp³-hybridized carbons (Fsp3) is 0.364. The second kappa shape index (κ2) is 6.99. The van der Waals surface area contributed by atoms with Crippen molar-refractivity contribution in [3.8, 4) is 11.5 Å². The van der Waals surface area contributed by atoms with E-state index in [0.717, 1.165) is 30.8 Å². The van der Waals surface area contributed by atoms with Crippen LogP contribution in [0.25, 0.3) is 11.5 Å². The molecule has 2 bridgehead atoms. The van der Waals surface area contributed by atoms with E-state index in [9.17, 15) is 4.79 Å². The molecule has 3 atom stereocenters. The Balaban J connectivity index is 1.39. The number of carbonyl (C=O) groups is 1. The molecule has 2 aromatic heterocycles. The van der Waals surface area contributed by atoms with Gasteiger partial charge in [-0.3, -0.25) is 4.79 Å². The predicted molar refractivity (Wildman–Crippen MR) is 108 cm³/mol. The Morgan fingerprint density at radius 1 is 1.17 bits per heavy atom. The summed E-state index contributed by atoms with van der Waals surface area (Å²) < 4.78 is 5.32. The van der Waals surface area contributed by atoms with Crippen LogP contribution in [-0.2, 0) is 0 Å². The van der Waals surface area contributed by atoms with Crippen molar-refractivity contribution >= 4 is 11.7 Å². The minimum absolute atomic E-state index is 0.0207. The van der Waals surface area contributed by atoms with Crippen molar-refractivity contribution in [2.24, 2.45) is 5.92 Å². The van der Waals surface area contributed by atoms with E-state index in [1.165, 1.54) is 0 Å². The van der Waals surface area contributed by atoms with E-state index in [-0.39, 0.29) is 18.0 Å². The summed E-state index contributed by atoms with van der Waals surface area (Å²) in [7, 11) is 0. The molecule has 148 valence electrons. The number of carbonyl (C=O) groups excluding carboxylic acids is 1. The van der Waals surface area contributed by atoms with E-state index in [0.29, 0.717) is 28.8 Å². The molecular weight excluding hydrogens is 366 g/mol.